The Hall–Kier alpha value is -1.33. The van der Waals surface area contributed by atoms with Gasteiger partial charge in [0.1, 0.15) is 12.4 Å². The number of hydrogen-bond acceptors (Lipinski definition) is 3. The predicted octanol–water partition coefficient (Wildman–Crippen LogP) is 1.57. The maximum absolute atomic E-state index is 13.4. The average Bonchev–Trinajstić information content (AvgIpc) is 2.18. The molecule has 82 valence electrons. The molecule has 0 radical (unpaired) electrons. The van der Waals surface area contributed by atoms with Gasteiger partial charge in [0, 0.05) is 5.56 Å². The van der Waals surface area contributed by atoms with Gasteiger partial charge < -0.3 is 16.2 Å². The third-order valence-corrected chi connectivity index (χ3v) is 2.08. The Kier molecular flexibility index (Phi) is 3.88. The molecule has 1 aromatic rings. The summed E-state index contributed by atoms with van der Waals surface area (Å²) in [7, 11) is 0. The van der Waals surface area contributed by atoms with E-state index in [2.05, 4.69) is 4.74 Å². The van der Waals surface area contributed by atoms with Crippen molar-refractivity contribution in [1.82, 2.24) is 0 Å². The van der Waals surface area contributed by atoms with Gasteiger partial charge in [-0.3, -0.25) is 0 Å². The molecule has 4 nitrogen and oxygen atoms in total. The Morgan fingerprint density at radius 3 is 2.87 bits per heavy atom. The Morgan fingerprint density at radius 2 is 2.27 bits per heavy atom. The van der Waals surface area contributed by atoms with Crippen LogP contribution in [0.2, 0.25) is 5.02 Å². The highest BCUT2D eigenvalue weighted by molar-refractivity contribution is 6.30. The highest BCUT2D eigenvalue weighted by atomic mass is 35.5. The number of hydrogen-bond donors (Lipinski definition) is 2. The van der Waals surface area contributed by atoms with E-state index < -0.39 is 18.0 Å². The zero-order valence-electron chi connectivity index (χ0n) is 7.74. The van der Waals surface area contributed by atoms with Crippen LogP contribution in [0, 0.1) is 5.82 Å². The van der Waals surface area contributed by atoms with Crippen molar-refractivity contribution in [2.75, 3.05) is 6.61 Å². The number of primary amides is 1. The van der Waals surface area contributed by atoms with Crippen molar-refractivity contribution >= 4 is 17.7 Å². The van der Waals surface area contributed by atoms with Gasteiger partial charge >= 0.3 is 6.09 Å². The molecule has 15 heavy (non-hydrogen) atoms. The number of carbonyl (C=O) groups is 1. The maximum Gasteiger partial charge on any atom is 0.404 e. The van der Waals surface area contributed by atoms with Gasteiger partial charge in [0.05, 0.1) is 11.1 Å². The Bertz CT molecular complexity index is 373. The minimum atomic E-state index is -0.951. The van der Waals surface area contributed by atoms with Gasteiger partial charge in [-0.05, 0) is 6.07 Å². The van der Waals surface area contributed by atoms with Crippen molar-refractivity contribution in [1.29, 1.82) is 0 Å². The molecule has 1 amide bonds. The van der Waals surface area contributed by atoms with E-state index in [9.17, 15) is 9.18 Å². The first kappa shape index (κ1) is 11.7. The van der Waals surface area contributed by atoms with E-state index in [4.69, 9.17) is 23.1 Å². The summed E-state index contributed by atoms with van der Waals surface area (Å²) in [5, 5.41) is -0.0259. The van der Waals surface area contributed by atoms with E-state index >= 15 is 0 Å². The number of halogens is 2. The lowest BCUT2D eigenvalue weighted by molar-refractivity contribution is 0.149. The Balaban J connectivity index is 2.77. The normalized spacial score (nSPS) is 12.2. The monoisotopic (exact) mass is 232 g/mol. The van der Waals surface area contributed by atoms with E-state index in [-0.39, 0.29) is 17.2 Å². The van der Waals surface area contributed by atoms with Crippen LogP contribution in [0.25, 0.3) is 0 Å². The summed E-state index contributed by atoms with van der Waals surface area (Å²) in [6, 6.07) is 3.65. The number of nitrogens with two attached hydrogens (primary N) is 2. The van der Waals surface area contributed by atoms with Crippen LogP contribution in [0.15, 0.2) is 18.2 Å². The first-order chi connectivity index (χ1) is 7.02. The number of carbonyl (C=O) groups excluding carboxylic acids is 1. The lowest BCUT2D eigenvalue weighted by atomic mass is 10.1. The molecule has 0 aliphatic carbocycles. The van der Waals surface area contributed by atoms with Crippen LogP contribution in [-0.2, 0) is 4.74 Å². The summed E-state index contributed by atoms with van der Waals surface area (Å²) in [6.07, 6.45) is -0.951. The van der Waals surface area contributed by atoms with Crippen molar-refractivity contribution in [2.24, 2.45) is 11.5 Å². The van der Waals surface area contributed by atoms with Crippen molar-refractivity contribution in [3.63, 3.8) is 0 Å². The molecule has 1 unspecified atom stereocenters. The van der Waals surface area contributed by atoms with Gasteiger partial charge in [-0.2, -0.15) is 0 Å². The van der Waals surface area contributed by atoms with Crippen molar-refractivity contribution < 1.29 is 13.9 Å². The second kappa shape index (κ2) is 4.95. The highest BCUT2D eigenvalue weighted by Crippen LogP contribution is 2.22. The zero-order chi connectivity index (χ0) is 11.4. The fourth-order valence-electron chi connectivity index (χ4n) is 1.07. The second-order valence-corrected chi connectivity index (χ2v) is 3.29. The molecule has 0 spiro atoms. The fourth-order valence-corrected chi connectivity index (χ4v) is 1.25. The maximum atomic E-state index is 13.4. The molecule has 0 saturated heterocycles. The van der Waals surface area contributed by atoms with Crippen LogP contribution in [0.3, 0.4) is 0 Å². The fraction of sp³-hybridized carbons (Fsp3) is 0.222. The van der Waals surface area contributed by atoms with E-state index in [1.165, 1.54) is 12.1 Å². The largest absolute Gasteiger partial charge is 0.448 e. The van der Waals surface area contributed by atoms with Crippen LogP contribution in [0.4, 0.5) is 9.18 Å². The molecule has 0 aromatic heterocycles. The van der Waals surface area contributed by atoms with Crippen LogP contribution in [0.1, 0.15) is 11.6 Å². The summed E-state index contributed by atoms with van der Waals surface area (Å²) >= 11 is 5.56. The first-order valence-electron chi connectivity index (χ1n) is 4.14. The molecule has 0 aliphatic rings. The van der Waals surface area contributed by atoms with Crippen molar-refractivity contribution in [3.05, 3.63) is 34.6 Å². The molecule has 0 saturated carbocycles. The molecule has 1 atom stereocenters. The van der Waals surface area contributed by atoms with E-state index in [0.29, 0.717) is 0 Å². The summed E-state index contributed by atoms with van der Waals surface area (Å²) in [5.41, 5.74) is 10.5. The third kappa shape index (κ3) is 3.07. The molecule has 4 N–H and O–H groups in total. The predicted molar refractivity (Wildman–Crippen MR) is 53.9 cm³/mol. The number of rotatable bonds is 3. The average molecular weight is 233 g/mol. The smallest absolute Gasteiger partial charge is 0.404 e. The summed E-state index contributed by atoms with van der Waals surface area (Å²) < 4.78 is 17.8. The zero-order valence-corrected chi connectivity index (χ0v) is 8.50. The first-order valence-corrected chi connectivity index (χ1v) is 4.52. The van der Waals surface area contributed by atoms with Crippen molar-refractivity contribution in [2.45, 2.75) is 6.04 Å². The van der Waals surface area contributed by atoms with Crippen LogP contribution in [-0.4, -0.2) is 12.7 Å². The van der Waals surface area contributed by atoms with Gasteiger partial charge in [-0.25, -0.2) is 9.18 Å². The van der Waals surface area contributed by atoms with Crippen LogP contribution in [0.5, 0.6) is 0 Å². The standard InChI is InChI=1S/C9H10ClFN2O2/c10-6-3-1-2-5(8(6)11)7(12)4-15-9(13)14/h1-3,7H,4,12H2,(H2,13,14). The summed E-state index contributed by atoms with van der Waals surface area (Å²) in [6.45, 7) is -0.188. The molecule has 6 heteroatoms. The Morgan fingerprint density at radius 1 is 1.60 bits per heavy atom. The molecule has 0 aliphatic heterocycles. The molecular weight excluding hydrogens is 223 g/mol. The number of amides is 1. The molecule has 0 heterocycles. The lowest BCUT2D eigenvalue weighted by Crippen LogP contribution is -2.23. The highest BCUT2D eigenvalue weighted by Gasteiger charge is 2.14. The topological polar surface area (TPSA) is 78.3 Å². The number of ether oxygens (including phenoxy) is 1. The molecular formula is C9H10ClFN2O2. The summed E-state index contributed by atoms with van der Waals surface area (Å²) in [4.78, 5) is 10.3. The van der Waals surface area contributed by atoms with Gasteiger partial charge in [-0.15, -0.1) is 0 Å². The van der Waals surface area contributed by atoms with Gasteiger partial charge in [0.2, 0.25) is 0 Å². The SMILES string of the molecule is NC(=O)OCC(N)c1cccc(Cl)c1F. The van der Waals surface area contributed by atoms with E-state index in [1.54, 1.807) is 6.07 Å². The van der Waals surface area contributed by atoms with E-state index in [0.717, 1.165) is 0 Å². The van der Waals surface area contributed by atoms with Crippen LogP contribution < -0.4 is 11.5 Å². The molecule has 1 rings (SSSR count). The Labute approximate surface area is 90.9 Å². The minimum absolute atomic E-state index is 0.0259. The second-order valence-electron chi connectivity index (χ2n) is 2.88. The van der Waals surface area contributed by atoms with Gasteiger partial charge in [-0.1, -0.05) is 23.7 Å². The van der Waals surface area contributed by atoms with Crippen LogP contribution >= 0.6 is 11.6 Å². The van der Waals surface area contributed by atoms with Gasteiger partial charge in [0.15, 0.2) is 0 Å². The van der Waals surface area contributed by atoms with Gasteiger partial charge in [0.25, 0.3) is 0 Å². The quantitative estimate of drug-likeness (QED) is 0.830. The molecule has 0 fully saturated rings. The molecule has 0 bridgehead atoms. The minimum Gasteiger partial charge on any atom is -0.448 e. The van der Waals surface area contributed by atoms with Crippen molar-refractivity contribution in [3.8, 4) is 0 Å². The van der Waals surface area contributed by atoms with E-state index in [1.807, 2.05) is 0 Å². The third-order valence-electron chi connectivity index (χ3n) is 1.79. The summed E-state index contributed by atoms with van der Waals surface area (Å²) in [5.74, 6) is -0.611. The lowest BCUT2D eigenvalue weighted by Gasteiger charge is -2.12. The molecule has 1 aromatic carbocycles. The number of benzene rings is 1.